The lowest BCUT2D eigenvalue weighted by Gasteiger charge is -2.20. The summed E-state index contributed by atoms with van der Waals surface area (Å²) in [5, 5.41) is 7.00. The Balaban J connectivity index is 1.86. The number of rotatable bonds is 9. The average molecular weight is 256 g/mol. The van der Waals surface area contributed by atoms with Crippen LogP contribution >= 0.6 is 0 Å². The molecule has 0 unspecified atom stereocenters. The number of nitrogens with one attached hydrogen (secondary N) is 2. The molecule has 108 valence electrons. The monoisotopic (exact) mass is 256 g/mol. The predicted octanol–water partition coefficient (Wildman–Crippen LogP) is 2.56. The quantitative estimate of drug-likeness (QED) is 0.622. The third-order valence-corrected chi connectivity index (χ3v) is 3.85. The van der Waals surface area contributed by atoms with Gasteiger partial charge in [-0.05, 0) is 44.8 Å². The second-order valence-electron chi connectivity index (χ2n) is 5.51. The molecule has 2 N–H and O–H groups in total. The number of ether oxygens (including phenoxy) is 1. The summed E-state index contributed by atoms with van der Waals surface area (Å²) in [6, 6.07) is 0. The topological polar surface area (TPSA) is 33.3 Å². The average Bonchev–Trinajstić information content (AvgIpc) is 2.34. The van der Waals surface area contributed by atoms with Gasteiger partial charge in [-0.1, -0.05) is 32.1 Å². The minimum absolute atomic E-state index is 0.815. The Morgan fingerprint density at radius 2 is 1.56 bits per heavy atom. The van der Waals surface area contributed by atoms with E-state index in [0.717, 1.165) is 32.2 Å². The summed E-state index contributed by atoms with van der Waals surface area (Å²) in [7, 11) is 1.75. The van der Waals surface area contributed by atoms with Crippen molar-refractivity contribution in [2.24, 2.45) is 5.92 Å². The molecule has 0 heterocycles. The first-order valence-corrected chi connectivity index (χ1v) is 7.84. The molecule has 0 saturated heterocycles. The zero-order valence-corrected chi connectivity index (χ0v) is 12.2. The fourth-order valence-electron chi connectivity index (χ4n) is 2.69. The Hall–Kier alpha value is -0.120. The van der Waals surface area contributed by atoms with Gasteiger partial charge in [-0.15, -0.1) is 0 Å². The van der Waals surface area contributed by atoms with E-state index in [2.05, 4.69) is 10.6 Å². The lowest BCUT2D eigenvalue weighted by molar-refractivity contribution is 0.199. The van der Waals surface area contributed by atoms with Gasteiger partial charge in [0.25, 0.3) is 0 Å². The first kappa shape index (κ1) is 15.9. The van der Waals surface area contributed by atoms with Crippen molar-refractivity contribution in [1.82, 2.24) is 10.6 Å². The third-order valence-electron chi connectivity index (χ3n) is 3.85. The molecule has 18 heavy (non-hydrogen) atoms. The molecular weight excluding hydrogens is 224 g/mol. The lowest BCUT2D eigenvalue weighted by Crippen LogP contribution is -2.28. The molecule has 1 saturated carbocycles. The highest BCUT2D eigenvalue weighted by atomic mass is 16.5. The smallest absolute Gasteiger partial charge is 0.0587 e. The molecular formula is C15H32N2O. The van der Waals surface area contributed by atoms with Crippen LogP contribution in [-0.2, 0) is 4.74 Å². The van der Waals surface area contributed by atoms with Gasteiger partial charge in [0.05, 0.1) is 6.61 Å². The van der Waals surface area contributed by atoms with E-state index in [1.165, 1.54) is 57.9 Å². The van der Waals surface area contributed by atoms with Crippen LogP contribution in [-0.4, -0.2) is 39.9 Å². The van der Waals surface area contributed by atoms with Crippen LogP contribution in [0.15, 0.2) is 0 Å². The van der Waals surface area contributed by atoms with Crippen LogP contribution in [0.1, 0.15) is 51.4 Å². The van der Waals surface area contributed by atoms with Crippen molar-refractivity contribution < 1.29 is 4.74 Å². The Morgan fingerprint density at radius 1 is 0.889 bits per heavy atom. The summed E-state index contributed by atoms with van der Waals surface area (Å²) in [4.78, 5) is 0. The number of methoxy groups -OCH3 is 1. The van der Waals surface area contributed by atoms with E-state index in [9.17, 15) is 0 Å². The number of hydrogen-bond donors (Lipinski definition) is 2. The van der Waals surface area contributed by atoms with Crippen molar-refractivity contribution in [3.8, 4) is 0 Å². The number of hydrogen-bond acceptors (Lipinski definition) is 3. The summed E-state index contributed by atoms with van der Waals surface area (Å²) in [5.41, 5.74) is 0. The first-order valence-electron chi connectivity index (χ1n) is 7.84. The van der Waals surface area contributed by atoms with Gasteiger partial charge < -0.3 is 15.4 Å². The van der Waals surface area contributed by atoms with Crippen LogP contribution < -0.4 is 10.6 Å². The zero-order valence-electron chi connectivity index (χ0n) is 12.2. The molecule has 0 aliphatic heterocycles. The Labute approximate surface area is 113 Å². The molecule has 1 aliphatic carbocycles. The molecule has 1 fully saturated rings. The maximum Gasteiger partial charge on any atom is 0.0587 e. The van der Waals surface area contributed by atoms with Gasteiger partial charge in [0.1, 0.15) is 0 Å². The van der Waals surface area contributed by atoms with E-state index in [0.29, 0.717) is 0 Å². The summed E-state index contributed by atoms with van der Waals surface area (Å²) >= 11 is 0. The molecule has 1 rings (SSSR count). The molecule has 3 nitrogen and oxygen atoms in total. The largest absolute Gasteiger partial charge is 0.383 e. The van der Waals surface area contributed by atoms with Crippen LogP contribution in [0.2, 0.25) is 0 Å². The molecule has 3 heteroatoms. The molecule has 1 aliphatic rings. The molecule has 0 bridgehead atoms. The molecule has 0 aromatic carbocycles. The second kappa shape index (κ2) is 11.9. The normalized spacial score (nSPS) is 18.5. The maximum atomic E-state index is 4.99. The fraction of sp³-hybridized carbons (Fsp3) is 1.00. The summed E-state index contributed by atoms with van der Waals surface area (Å²) in [5.74, 6) is 0.937. The van der Waals surface area contributed by atoms with Crippen molar-refractivity contribution in [3.05, 3.63) is 0 Å². The molecule has 0 amide bonds. The molecule has 0 aromatic heterocycles. The lowest BCUT2D eigenvalue weighted by atomic mass is 9.91. The Bertz CT molecular complexity index is 168. The van der Waals surface area contributed by atoms with Gasteiger partial charge in [-0.2, -0.15) is 0 Å². The van der Waals surface area contributed by atoms with E-state index in [4.69, 9.17) is 4.74 Å². The molecule has 0 aromatic rings. The predicted molar refractivity (Wildman–Crippen MR) is 78.0 cm³/mol. The summed E-state index contributed by atoms with van der Waals surface area (Å²) < 4.78 is 4.99. The van der Waals surface area contributed by atoms with Crippen molar-refractivity contribution in [3.63, 3.8) is 0 Å². The highest BCUT2D eigenvalue weighted by molar-refractivity contribution is 4.66. The van der Waals surface area contributed by atoms with Crippen molar-refractivity contribution in [2.45, 2.75) is 51.4 Å². The highest BCUT2D eigenvalue weighted by Gasteiger charge is 2.10. The Morgan fingerprint density at radius 3 is 2.28 bits per heavy atom. The third kappa shape index (κ3) is 8.90. The zero-order chi connectivity index (χ0) is 12.9. The van der Waals surface area contributed by atoms with Gasteiger partial charge in [0, 0.05) is 13.7 Å². The SMILES string of the molecule is COCCNCCCNCC1CCCCCCC1. The van der Waals surface area contributed by atoms with Gasteiger partial charge in [0.2, 0.25) is 0 Å². The summed E-state index contributed by atoms with van der Waals surface area (Å²) in [6.45, 7) is 5.27. The van der Waals surface area contributed by atoms with E-state index in [1.807, 2.05) is 0 Å². The van der Waals surface area contributed by atoms with Crippen molar-refractivity contribution >= 4 is 0 Å². The van der Waals surface area contributed by atoms with Gasteiger partial charge >= 0.3 is 0 Å². The first-order chi connectivity index (χ1) is 8.93. The molecule has 0 spiro atoms. The van der Waals surface area contributed by atoms with Crippen molar-refractivity contribution in [1.29, 1.82) is 0 Å². The standard InChI is InChI=1S/C15H32N2O/c1-18-13-12-16-10-7-11-17-14-15-8-5-3-2-4-6-9-15/h15-17H,2-14H2,1H3. The minimum atomic E-state index is 0.815. The maximum absolute atomic E-state index is 4.99. The fourth-order valence-corrected chi connectivity index (χ4v) is 2.69. The van der Waals surface area contributed by atoms with Gasteiger partial charge in [-0.25, -0.2) is 0 Å². The van der Waals surface area contributed by atoms with E-state index in [-0.39, 0.29) is 0 Å². The second-order valence-corrected chi connectivity index (χ2v) is 5.51. The van der Waals surface area contributed by atoms with Crippen LogP contribution in [0.4, 0.5) is 0 Å². The minimum Gasteiger partial charge on any atom is -0.383 e. The summed E-state index contributed by atoms with van der Waals surface area (Å²) in [6.07, 6.45) is 11.4. The van der Waals surface area contributed by atoms with E-state index < -0.39 is 0 Å². The molecule has 0 radical (unpaired) electrons. The van der Waals surface area contributed by atoms with E-state index >= 15 is 0 Å². The van der Waals surface area contributed by atoms with Gasteiger partial charge in [0.15, 0.2) is 0 Å². The Kier molecular flexibility index (Phi) is 10.6. The van der Waals surface area contributed by atoms with Crippen molar-refractivity contribution in [2.75, 3.05) is 39.9 Å². The highest BCUT2D eigenvalue weighted by Crippen LogP contribution is 2.21. The van der Waals surface area contributed by atoms with E-state index in [1.54, 1.807) is 7.11 Å². The van der Waals surface area contributed by atoms with Crippen LogP contribution in [0.5, 0.6) is 0 Å². The molecule has 0 atom stereocenters. The van der Waals surface area contributed by atoms with Gasteiger partial charge in [-0.3, -0.25) is 0 Å². The van der Waals surface area contributed by atoms with Crippen LogP contribution in [0.3, 0.4) is 0 Å². The van der Waals surface area contributed by atoms with Crippen LogP contribution in [0, 0.1) is 5.92 Å². The van der Waals surface area contributed by atoms with Crippen LogP contribution in [0.25, 0.3) is 0 Å².